The second kappa shape index (κ2) is 8.63. The van der Waals surface area contributed by atoms with E-state index in [2.05, 4.69) is 32.8 Å². The lowest BCUT2D eigenvalue weighted by Crippen LogP contribution is -2.32. The van der Waals surface area contributed by atoms with Crippen LogP contribution >= 0.6 is 15.9 Å². The maximum Gasteiger partial charge on any atom is 0.226 e. The maximum absolute atomic E-state index is 12.5. The van der Waals surface area contributed by atoms with E-state index >= 15 is 0 Å². The number of aromatic nitrogens is 2. The number of anilines is 1. The molecule has 2 rings (SSSR count). The summed E-state index contributed by atoms with van der Waals surface area (Å²) in [6.45, 7) is 2.71. The SMILES string of the molecule is CCCCC(=O)N(CCc1ccccn1)c1ccnc(Br)c1. The normalized spacial score (nSPS) is 10.5. The van der Waals surface area contributed by atoms with E-state index in [0.717, 1.165) is 35.2 Å². The van der Waals surface area contributed by atoms with E-state index in [1.807, 2.05) is 35.2 Å². The van der Waals surface area contributed by atoms with Gasteiger partial charge in [0.05, 0.1) is 0 Å². The minimum absolute atomic E-state index is 0.149. The highest BCUT2D eigenvalue weighted by Gasteiger charge is 2.15. The Kier molecular flexibility index (Phi) is 6.52. The number of carbonyl (C=O) groups excluding carboxylic acids is 1. The molecule has 116 valence electrons. The van der Waals surface area contributed by atoms with Crippen LogP contribution in [0.25, 0.3) is 0 Å². The number of hydrogen-bond acceptors (Lipinski definition) is 3. The molecule has 0 fully saturated rings. The number of carbonyl (C=O) groups is 1. The Morgan fingerprint density at radius 1 is 1.23 bits per heavy atom. The number of amides is 1. The summed E-state index contributed by atoms with van der Waals surface area (Å²) in [4.78, 5) is 22.8. The zero-order chi connectivity index (χ0) is 15.8. The van der Waals surface area contributed by atoms with Crippen molar-refractivity contribution in [3.05, 3.63) is 53.0 Å². The molecule has 0 atom stereocenters. The third-order valence-electron chi connectivity index (χ3n) is 3.38. The van der Waals surface area contributed by atoms with Gasteiger partial charge in [-0.1, -0.05) is 19.4 Å². The van der Waals surface area contributed by atoms with Crippen molar-refractivity contribution >= 4 is 27.5 Å². The second-order valence-electron chi connectivity index (χ2n) is 5.06. The molecule has 22 heavy (non-hydrogen) atoms. The first kappa shape index (κ1) is 16.6. The molecular formula is C17H20BrN3O. The van der Waals surface area contributed by atoms with Crippen LogP contribution < -0.4 is 4.90 Å². The van der Waals surface area contributed by atoms with Crippen LogP contribution in [0.2, 0.25) is 0 Å². The molecule has 0 unspecified atom stereocenters. The van der Waals surface area contributed by atoms with E-state index in [4.69, 9.17) is 0 Å². The minimum atomic E-state index is 0.149. The summed E-state index contributed by atoms with van der Waals surface area (Å²) in [5.74, 6) is 0.149. The molecule has 0 aliphatic rings. The molecule has 0 bridgehead atoms. The Morgan fingerprint density at radius 3 is 2.77 bits per heavy atom. The standard InChI is InChI=1S/C17H20BrN3O/c1-2-3-7-17(22)21(15-8-11-20-16(18)13-15)12-9-14-6-4-5-10-19-14/h4-6,8,10-11,13H,2-3,7,9,12H2,1H3. The van der Waals surface area contributed by atoms with E-state index in [1.165, 1.54) is 0 Å². The number of pyridine rings is 2. The fourth-order valence-corrected chi connectivity index (χ4v) is 2.55. The van der Waals surface area contributed by atoms with Crippen molar-refractivity contribution in [1.82, 2.24) is 9.97 Å². The van der Waals surface area contributed by atoms with Gasteiger partial charge >= 0.3 is 0 Å². The van der Waals surface area contributed by atoms with Gasteiger partial charge in [0.25, 0.3) is 0 Å². The van der Waals surface area contributed by atoms with E-state index in [-0.39, 0.29) is 5.91 Å². The molecular weight excluding hydrogens is 342 g/mol. The van der Waals surface area contributed by atoms with Gasteiger partial charge in [-0.3, -0.25) is 9.78 Å². The van der Waals surface area contributed by atoms with E-state index in [9.17, 15) is 4.79 Å². The van der Waals surface area contributed by atoms with Crippen molar-refractivity contribution < 1.29 is 4.79 Å². The Labute approximate surface area is 139 Å². The van der Waals surface area contributed by atoms with Crippen LogP contribution in [0.15, 0.2) is 47.3 Å². The van der Waals surface area contributed by atoms with Crippen LogP contribution in [0.1, 0.15) is 31.9 Å². The average Bonchev–Trinajstić information content (AvgIpc) is 2.54. The van der Waals surface area contributed by atoms with Gasteiger partial charge < -0.3 is 4.90 Å². The van der Waals surface area contributed by atoms with Crippen molar-refractivity contribution in [1.29, 1.82) is 0 Å². The average molecular weight is 362 g/mol. The van der Waals surface area contributed by atoms with Crippen molar-refractivity contribution in [3.8, 4) is 0 Å². The number of rotatable bonds is 7. The highest BCUT2D eigenvalue weighted by atomic mass is 79.9. The Hall–Kier alpha value is -1.75. The van der Waals surface area contributed by atoms with E-state index in [0.29, 0.717) is 13.0 Å². The van der Waals surface area contributed by atoms with Crippen LogP contribution in [-0.4, -0.2) is 22.4 Å². The first-order valence-electron chi connectivity index (χ1n) is 7.52. The fourth-order valence-electron chi connectivity index (χ4n) is 2.19. The molecule has 0 radical (unpaired) electrons. The fraction of sp³-hybridized carbons (Fsp3) is 0.353. The molecule has 2 aromatic rings. The summed E-state index contributed by atoms with van der Waals surface area (Å²) >= 11 is 3.37. The largest absolute Gasteiger partial charge is 0.312 e. The molecule has 2 aromatic heterocycles. The van der Waals surface area contributed by atoms with Crippen LogP contribution in [0.5, 0.6) is 0 Å². The first-order valence-corrected chi connectivity index (χ1v) is 8.32. The summed E-state index contributed by atoms with van der Waals surface area (Å²) in [5.41, 5.74) is 1.86. The second-order valence-corrected chi connectivity index (χ2v) is 5.87. The van der Waals surface area contributed by atoms with Gasteiger partial charge in [0.15, 0.2) is 0 Å². The molecule has 2 heterocycles. The lowest BCUT2D eigenvalue weighted by atomic mass is 10.2. The van der Waals surface area contributed by atoms with Gasteiger partial charge in [0, 0.05) is 43.2 Å². The minimum Gasteiger partial charge on any atom is -0.312 e. The van der Waals surface area contributed by atoms with Crippen molar-refractivity contribution in [2.45, 2.75) is 32.6 Å². The summed E-state index contributed by atoms with van der Waals surface area (Å²) in [5, 5.41) is 0. The molecule has 0 aromatic carbocycles. The molecule has 0 N–H and O–H groups in total. The van der Waals surface area contributed by atoms with Gasteiger partial charge in [-0.25, -0.2) is 4.98 Å². The molecule has 0 saturated carbocycles. The molecule has 5 heteroatoms. The first-order chi connectivity index (χ1) is 10.7. The number of hydrogen-bond donors (Lipinski definition) is 0. The summed E-state index contributed by atoms with van der Waals surface area (Å²) in [7, 11) is 0. The van der Waals surface area contributed by atoms with E-state index < -0.39 is 0 Å². The van der Waals surface area contributed by atoms with Crippen molar-refractivity contribution in [2.24, 2.45) is 0 Å². The zero-order valence-electron chi connectivity index (χ0n) is 12.7. The third-order valence-corrected chi connectivity index (χ3v) is 3.82. The number of unbranched alkanes of at least 4 members (excludes halogenated alkanes) is 1. The van der Waals surface area contributed by atoms with Gasteiger partial charge in [0.2, 0.25) is 5.91 Å². The number of halogens is 1. The predicted octanol–water partition coefficient (Wildman–Crippen LogP) is 4.01. The highest BCUT2D eigenvalue weighted by molar-refractivity contribution is 9.10. The van der Waals surface area contributed by atoms with Gasteiger partial charge in [-0.2, -0.15) is 0 Å². The smallest absolute Gasteiger partial charge is 0.226 e. The van der Waals surface area contributed by atoms with Crippen LogP contribution in [0.3, 0.4) is 0 Å². The van der Waals surface area contributed by atoms with Gasteiger partial charge in [0.1, 0.15) is 4.60 Å². The predicted molar refractivity (Wildman–Crippen MR) is 91.8 cm³/mol. The van der Waals surface area contributed by atoms with Gasteiger partial charge in [-0.15, -0.1) is 0 Å². The topological polar surface area (TPSA) is 46.1 Å². The third kappa shape index (κ3) is 4.91. The molecule has 0 aliphatic carbocycles. The lowest BCUT2D eigenvalue weighted by Gasteiger charge is -2.23. The van der Waals surface area contributed by atoms with Crippen molar-refractivity contribution in [3.63, 3.8) is 0 Å². The Balaban J connectivity index is 2.12. The van der Waals surface area contributed by atoms with Crippen molar-refractivity contribution in [2.75, 3.05) is 11.4 Å². The van der Waals surface area contributed by atoms with Crippen LogP contribution in [0, 0.1) is 0 Å². The number of nitrogens with zero attached hydrogens (tertiary/aromatic N) is 3. The molecule has 0 aliphatic heterocycles. The summed E-state index contributed by atoms with van der Waals surface area (Å²) in [6, 6.07) is 9.59. The Bertz CT molecular complexity index is 604. The zero-order valence-corrected chi connectivity index (χ0v) is 14.3. The molecule has 0 spiro atoms. The van der Waals surface area contributed by atoms with Crippen LogP contribution in [-0.2, 0) is 11.2 Å². The monoisotopic (exact) mass is 361 g/mol. The lowest BCUT2D eigenvalue weighted by molar-refractivity contribution is -0.118. The maximum atomic E-state index is 12.5. The molecule has 0 saturated heterocycles. The molecule has 1 amide bonds. The Morgan fingerprint density at radius 2 is 2.09 bits per heavy atom. The van der Waals surface area contributed by atoms with Crippen LogP contribution in [0.4, 0.5) is 5.69 Å². The van der Waals surface area contributed by atoms with E-state index in [1.54, 1.807) is 12.4 Å². The highest BCUT2D eigenvalue weighted by Crippen LogP contribution is 2.19. The summed E-state index contributed by atoms with van der Waals surface area (Å²) in [6.07, 6.45) is 6.71. The molecule has 4 nitrogen and oxygen atoms in total. The van der Waals surface area contributed by atoms with Gasteiger partial charge in [-0.05, 0) is 46.6 Å². The summed E-state index contributed by atoms with van der Waals surface area (Å²) < 4.78 is 0.733. The quantitative estimate of drug-likeness (QED) is 0.700.